The van der Waals surface area contributed by atoms with Gasteiger partial charge in [-0.1, -0.05) is 0 Å². The fourth-order valence-corrected chi connectivity index (χ4v) is 5.37. The highest BCUT2D eigenvalue weighted by molar-refractivity contribution is 6.03. The number of carbonyl (C=O) groups is 1. The molecule has 27 heavy (non-hydrogen) atoms. The second-order valence-corrected chi connectivity index (χ2v) is 8.55. The molecule has 1 amide bonds. The molecule has 1 aliphatic carbocycles. The number of quaternary nitrogens is 1. The van der Waals surface area contributed by atoms with Crippen LogP contribution in [-0.2, 0) is 4.74 Å². The monoisotopic (exact) mass is 374 g/mol. The Kier molecular flexibility index (Phi) is 3.37. The summed E-state index contributed by atoms with van der Waals surface area (Å²) >= 11 is 0. The van der Waals surface area contributed by atoms with E-state index in [9.17, 15) is 14.4 Å². The van der Waals surface area contributed by atoms with Crippen molar-refractivity contribution >= 4 is 23.9 Å². The standard InChI is InChI=1S/C18H23N5O4/c1-22-11-5-6-18(22,10-3-4-10)8-12(7-11)27-17(26)23(2)9-19-13-14(23)20-16(25)21-15(13)24/h9-12H,3-8H2,1-2H3,(H-,20,21,24,25)/p+1. The third-order valence-corrected chi connectivity index (χ3v) is 7.04. The van der Waals surface area contributed by atoms with Crippen molar-refractivity contribution < 1.29 is 9.53 Å². The van der Waals surface area contributed by atoms with Gasteiger partial charge < -0.3 is 4.74 Å². The highest BCUT2D eigenvalue weighted by Gasteiger charge is 2.58. The summed E-state index contributed by atoms with van der Waals surface area (Å²) in [6.07, 6.45) is 7.20. The lowest BCUT2D eigenvalue weighted by atomic mass is 9.82. The lowest BCUT2D eigenvalue weighted by molar-refractivity contribution is -0.0272. The Morgan fingerprint density at radius 3 is 2.85 bits per heavy atom. The maximum absolute atomic E-state index is 13.0. The predicted octanol–water partition coefficient (Wildman–Crippen LogP) is 1.22. The van der Waals surface area contributed by atoms with E-state index in [-0.39, 0.29) is 23.1 Å². The topological polar surface area (TPSA) is 108 Å². The van der Waals surface area contributed by atoms with E-state index in [4.69, 9.17) is 4.74 Å². The summed E-state index contributed by atoms with van der Waals surface area (Å²) in [6.45, 7) is 0. The number of carbonyl (C=O) groups excluding carboxylic acids is 1. The van der Waals surface area contributed by atoms with Gasteiger partial charge in [-0.2, -0.15) is 9.79 Å². The van der Waals surface area contributed by atoms with E-state index in [1.807, 2.05) is 0 Å². The number of aliphatic imine (C=N–C) groups is 1. The fourth-order valence-electron chi connectivity index (χ4n) is 5.37. The van der Waals surface area contributed by atoms with Gasteiger partial charge in [0.2, 0.25) is 12.0 Å². The van der Waals surface area contributed by atoms with Crippen molar-refractivity contribution in [3.05, 3.63) is 20.8 Å². The Hall–Kier alpha value is -2.26. The van der Waals surface area contributed by atoms with Gasteiger partial charge in [0, 0.05) is 24.4 Å². The number of aromatic amines is 2. The molecule has 0 radical (unpaired) electrons. The van der Waals surface area contributed by atoms with E-state index in [1.165, 1.54) is 25.6 Å². The molecule has 4 unspecified atom stereocenters. The number of H-pyrrole nitrogens is 2. The normalized spacial score (nSPS) is 37.4. The van der Waals surface area contributed by atoms with Crippen LogP contribution in [0.2, 0.25) is 0 Å². The summed E-state index contributed by atoms with van der Waals surface area (Å²) in [6, 6.07) is 0.449. The van der Waals surface area contributed by atoms with Gasteiger partial charge in [-0.25, -0.2) is 4.79 Å². The van der Waals surface area contributed by atoms with E-state index in [0.717, 1.165) is 19.3 Å². The smallest absolute Gasteiger partial charge is 0.416 e. The third kappa shape index (κ3) is 2.31. The van der Waals surface area contributed by atoms with Crippen molar-refractivity contribution in [2.24, 2.45) is 10.9 Å². The molecule has 9 heteroatoms. The molecule has 4 atom stereocenters. The molecule has 4 aliphatic rings. The number of ether oxygens (including phenoxy) is 1. The van der Waals surface area contributed by atoms with E-state index in [1.54, 1.807) is 7.05 Å². The number of aromatic nitrogens is 2. The van der Waals surface area contributed by atoms with Crippen molar-refractivity contribution in [3.8, 4) is 0 Å². The van der Waals surface area contributed by atoms with Crippen molar-refractivity contribution in [1.82, 2.24) is 19.4 Å². The Balaban J connectivity index is 1.40. The lowest BCUT2D eigenvalue weighted by Crippen LogP contribution is -2.56. The zero-order valence-corrected chi connectivity index (χ0v) is 15.5. The van der Waals surface area contributed by atoms with E-state index < -0.39 is 21.8 Å². The quantitative estimate of drug-likeness (QED) is 0.757. The van der Waals surface area contributed by atoms with Crippen molar-refractivity contribution in [2.75, 3.05) is 14.1 Å². The van der Waals surface area contributed by atoms with Gasteiger partial charge in [0.05, 0.1) is 7.05 Å². The van der Waals surface area contributed by atoms with Crippen LogP contribution >= 0.6 is 0 Å². The van der Waals surface area contributed by atoms with Crippen LogP contribution in [0.3, 0.4) is 0 Å². The Morgan fingerprint density at radius 2 is 2.11 bits per heavy atom. The highest BCUT2D eigenvalue weighted by atomic mass is 16.6. The molecule has 1 saturated carbocycles. The lowest BCUT2D eigenvalue weighted by Gasteiger charge is -2.46. The second-order valence-electron chi connectivity index (χ2n) is 8.55. The summed E-state index contributed by atoms with van der Waals surface area (Å²) < 4.78 is 5.47. The first-order valence-electron chi connectivity index (χ1n) is 9.56. The number of hydrogen-bond donors (Lipinski definition) is 2. The van der Waals surface area contributed by atoms with Gasteiger partial charge in [-0.15, -0.1) is 4.48 Å². The van der Waals surface area contributed by atoms with Crippen molar-refractivity contribution in [3.63, 3.8) is 0 Å². The minimum Gasteiger partial charge on any atom is -0.416 e. The third-order valence-electron chi connectivity index (χ3n) is 7.04. The van der Waals surface area contributed by atoms with Crippen molar-refractivity contribution in [1.29, 1.82) is 0 Å². The van der Waals surface area contributed by atoms with Crippen molar-refractivity contribution in [2.45, 2.75) is 56.2 Å². The van der Waals surface area contributed by atoms with Crippen LogP contribution in [0, 0.1) is 5.92 Å². The van der Waals surface area contributed by atoms with Gasteiger partial charge in [0.15, 0.2) is 0 Å². The molecule has 144 valence electrons. The van der Waals surface area contributed by atoms with E-state index in [0.29, 0.717) is 12.0 Å². The van der Waals surface area contributed by atoms with Gasteiger partial charge in [-0.05, 0) is 38.6 Å². The Morgan fingerprint density at radius 1 is 1.33 bits per heavy atom. The number of rotatable bonds is 2. The minimum atomic E-state index is -0.661. The largest absolute Gasteiger partial charge is 0.528 e. The molecule has 3 fully saturated rings. The SMILES string of the molecule is CN1C2CCC1(C1CC1)CC(OC(=O)[N+]1(C)C=Nc3c1[nH]c(=O)[nH]c3=O)C2. The summed E-state index contributed by atoms with van der Waals surface area (Å²) in [5.41, 5.74) is -1.06. The Labute approximate surface area is 155 Å². The van der Waals surface area contributed by atoms with E-state index in [2.05, 4.69) is 26.9 Å². The molecule has 0 aromatic carbocycles. The van der Waals surface area contributed by atoms with Crippen LogP contribution in [-0.4, -0.2) is 59.1 Å². The minimum absolute atomic E-state index is 0.0481. The molecule has 9 nitrogen and oxygen atoms in total. The van der Waals surface area contributed by atoms with Crippen LogP contribution in [0.15, 0.2) is 14.6 Å². The molecule has 0 spiro atoms. The first-order chi connectivity index (χ1) is 12.8. The number of piperidine rings is 1. The molecule has 1 aromatic rings. The average Bonchev–Trinajstić information content (AvgIpc) is 3.38. The maximum atomic E-state index is 13.0. The van der Waals surface area contributed by atoms with Crippen LogP contribution in [0.5, 0.6) is 0 Å². The van der Waals surface area contributed by atoms with Gasteiger partial charge in [0.25, 0.3) is 11.4 Å². The molecular formula is C18H24N5O4+. The van der Waals surface area contributed by atoms with Crippen LogP contribution in [0.25, 0.3) is 0 Å². The molecule has 4 heterocycles. The van der Waals surface area contributed by atoms with Crippen LogP contribution < -0.4 is 15.7 Å². The first kappa shape index (κ1) is 16.9. The van der Waals surface area contributed by atoms with Crippen LogP contribution in [0.1, 0.15) is 38.5 Å². The summed E-state index contributed by atoms with van der Waals surface area (Å²) in [5.74, 6) is 0.865. The molecule has 2 N–H and O–H groups in total. The summed E-state index contributed by atoms with van der Waals surface area (Å²) in [4.78, 5) is 47.9. The van der Waals surface area contributed by atoms with Gasteiger partial charge >= 0.3 is 11.8 Å². The molecule has 2 saturated heterocycles. The maximum Gasteiger partial charge on any atom is 0.528 e. The molecule has 5 rings (SSSR count). The number of hydrogen-bond acceptors (Lipinski definition) is 6. The Bertz CT molecular complexity index is 963. The zero-order valence-electron chi connectivity index (χ0n) is 15.5. The van der Waals surface area contributed by atoms with Crippen LogP contribution in [0.4, 0.5) is 16.3 Å². The number of fused-ring (bicyclic) bond motifs is 3. The highest BCUT2D eigenvalue weighted by Crippen LogP contribution is 2.55. The number of amides is 1. The molecule has 3 aliphatic heterocycles. The molecular weight excluding hydrogens is 350 g/mol. The zero-order chi connectivity index (χ0) is 19.0. The summed E-state index contributed by atoms with van der Waals surface area (Å²) in [7, 11) is 3.79. The van der Waals surface area contributed by atoms with Gasteiger partial charge in [0.1, 0.15) is 6.10 Å². The van der Waals surface area contributed by atoms with Gasteiger partial charge in [-0.3, -0.25) is 19.7 Å². The predicted molar refractivity (Wildman–Crippen MR) is 99.3 cm³/mol. The average molecular weight is 374 g/mol. The number of nitrogens with zero attached hydrogens (tertiary/aromatic N) is 3. The first-order valence-corrected chi connectivity index (χ1v) is 9.56. The fraction of sp³-hybridized carbons (Fsp3) is 0.667. The number of nitrogens with one attached hydrogen (secondary N) is 2. The summed E-state index contributed by atoms with van der Waals surface area (Å²) in [5, 5.41) is 0. The van der Waals surface area contributed by atoms with E-state index >= 15 is 0 Å². The molecule has 2 bridgehead atoms. The second kappa shape index (κ2) is 5.39. The molecule has 1 aromatic heterocycles.